The van der Waals surface area contributed by atoms with E-state index in [1.165, 1.54) is 0 Å². The molecule has 0 fully saturated rings. The highest BCUT2D eigenvalue weighted by atomic mass is 79.9. The first kappa shape index (κ1) is 14.7. The molecular weight excluding hydrogens is 388 g/mol. The SMILES string of the molecule is O=C(NC(=O)c1ccccc1Br)Nc1ccccc1Br. The number of halogens is 2. The van der Waals surface area contributed by atoms with Crippen LogP contribution >= 0.6 is 31.9 Å². The molecule has 3 amide bonds. The number of amides is 3. The van der Waals surface area contributed by atoms with Gasteiger partial charge in [0.15, 0.2) is 0 Å². The number of anilines is 1. The fourth-order valence-electron chi connectivity index (χ4n) is 1.53. The van der Waals surface area contributed by atoms with E-state index in [-0.39, 0.29) is 0 Å². The summed E-state index contributed by atoms with van der Waals surface area (Å²) in [5.41, 5.74) is 0.986. The summed E-state index contributed by atoms with van der Waals surface area (Å²) in [5.74, 6) is -0.470. The Kier molecular flexibility index (Phi) is 4.92. The van der Waals surface area contributed by atoms with Gasteiger partial charge >= 0.3 is 6.03 Å². The van der Waals surface area contributed by atoms with Crippen molar-refractivity contribution >= 4 is 49.5 Å². The Morgan fingerprint density at radius 3 is 2.10 bits per heavy atom. The summed E-state index contributed by atoms with van der Waals surface area (Å²) in [7, 11) is 0. The molecule has 2 N–H and O–H groups in total. The molecule has 20 heavy (non-hydrogen) atoms. The number of urea groups is 1. The average molecular weight is 398 g/mol. The molecule has 2 aromatic carbocycles. The van der Waals surface area contributed by atoms with Crippen LogP contribution in [-0.2, 0) is 0 Å². The number of rotatable bonds is 2. The van der Waals surface area contributed by atoms with Crippen molar-refractivity contribution in [3.8, 4) is 0 Å². The predicted molar refractivity (Wildman–Crippen MR) is 84.8 cm³/mol. The minimum absolute atomic E-state index is 0.398. The molecule has 6 heteroatoms. The molecule has 0 saturated carbocycles. The first-order valence-electron chi connectivity index (χ1n) is 5.69. The maximum atomic E-state index is 11.9. The molecule has 0 saturated heterocycles. The van der Waals surface area contributed by atoms with Gasteiger partial charge in [-0.1, -0.05) is 24.3 Å². The van der Waals surface area contributed by atoms with Crippen LogP contribution in [0.3, 0.4) is 0 Å². The molecular formula is C14H10Br2N2O2. The minimum Gasteiger partial charge on any atom is -0.307 e. The molecule has 0 aromatic heterocycles. The number of hydrogen-bond acceptors (Lipinski definition) is 2. The molecule has 0 radical (unpaired) electrons. The maximum absolute atomic E-state index is 11.9. The molecule has 2 aromatic rings. The first-order chi connectivity index (χ1) is 9.58. The standard InChI is InChI=1S/C14H10Br2N2O2/c15-10-6-2-1-5-9(10)13(19)18-14(20)17-12-8-4-3-7-11(12)16/h1-8H,(H2,17,18,19,20). The Morgan fingerprint density at radius 1 is 0.850 bits per heavy atom. The van der Waals surface area contributed by atoms with Crippen molar-refractivity contribution in [2.24, 2.45) is 0 Å². The number of imide groups is 1. The van der Waals surface area contributed by atoms with Gasteiger partial charge < -0.3 is 5.32 Å². The van der Waals surface area contributed by atoms with Crippen LogP contribution in [0.5, 0.6) is 0 Å². The van der Waals surface area contributed by atoms with E-state index in [2.05, 4.69) is 42.5 Å². The Hall–Kier alpha value is -1.66. The van der Waals surface area contributed by atoms with Crippen molar-refractivity contribution in [2.45, 2.75) is 0 Å². The second-order valence-electron chi connectivity index (χ2n) is 3.87. The van der Waals surface area contributed by atoms with Gasteiger partial charge in [0.2, 0.25) is 0 Å². The number of hydrogen-bond donors (Lipinski definition) is 2. The van der Waals surface area contributed by atoms with Crippen molar-refractivity contribution in [3.63, 3.8) is 0 Å². The molecule has 0 aliphatic carbocycles. The molecule has 0 unspecified atom stereocenters. The second kappa shape index (κ2) is 6.67. The van der Waals surface area contributed by atoms with Gasteiger partial charge in [-0.05, 0) is 56.1 Å². The minimum atomic E-state index is -0.586. The number of carbonyl (C=O) groups is 2. The molecule has 0 atom stereocenters. The zero-order chi connectivity index (χ0) is 14.5. The zero-order valence-corrected chi connectivity index (χ0v) is 13.4. The molecule has 0 heterocycles. The molecule has 0 spiro atoms. The van der Waals surface area contributed by atoms with E-state index in [0.29, 0.717) is 15.7 Å². The number of benzene rings is 2. The third kappa shape index (κ3) is 3.68. The summed E-state index contributed by atoms with van der Waals surface area (Å²) in [6, 6.07) is 13.4. The van der Waals surface area contributed by atoms with E-state index in [4.69, 9.17) is 0 Å². The molecule has 4 nitrogen and oxygen atoms in total. The summed E-state index contributed by atoms with van der Waals surface area (Å²) in [5, 5.41) is 4.87. The largest absolute Gasteiger partial charge is 0.326 e. The first-order valence-corrected chi connectivity index (χ1v) is 7.28. The highest BCUT2D eigenvalue weighted by Crippen LogP contribution is 2.21. The normalized spacial score (nSPS) is 9.90. The van der Waals surface area contributed by atoms with Crippen LogP contribution in [0.1, 0.15) is 10.4 Å². The van der Waals surface area contributed by atoms with E-state index in [0.717, 1.165) is 4.47 Å². The van der Waals surface area contributed by atoms with Crippen molar-refractivity contribution in [1.29, 1.82) is 0 Å². The number of carbonyl (C=O) groups excluding carboxylic acids is 2. The third-order valence-corrected chi connectivity index (χ3v) is 3.85. The van der Waals surface area contributed by atoms with Crippen LogP contribution < -0.4 is 10.6 Å². The van der Waals surface area contributed by atoms with E-state index in [9.17, 15) is 9.59 Å². The summed E-state index contributed by atoms with van der Waals surface area (Å²) < 4.78 is 1.37. The van der Waals surface area contributed by atoms with Gasteiger partial charge in [-0.25, -0.2) is 4.79 Å². The van der Waals surface area contributed by atoms with Crippen molar-refractivity contribution in [2.75, 3.05) is 5.32 Å². The highest BCUT2D eigenvalue weighted by molar-refractivity contribution is 9.11. The second-order valence-corrected chi connectivity index (χ2v) is 5.58. The monoisotopic (exact) mass is 396 g/mol. The molecule has 2 rings (SSSR count). The number of para-hydroxylation sites is 1. The van der Waals surface area contributed by atoms with Crippen LogP contribution in [0.15, 0.2) is 57.5 Å². The van der Waals surface area contributed by atoms with E-state index >= 15 is 0 Å². The Balaban J connectivity index is 2.04. The quantitative estimate of drug-likeness (QED) is 0.798. The lowest BCUT2D eigenvalue weighted by Gasteiger charge is -2.08. The van der Waals surface area contributed by atoms with E-state index < -0.39 is 11.9 Å². The molecule has 0 bridgehead atoms. The summed E-state index contributed by atoms with van der Waals surface area (Å²) in [6.07, 6.45) is 0. The lowest BCUT2D eigenvalue weighted by Crippen LogP contribution is -2.34. The van der Waals surface area contributed by atoms with Crippen LogP contribution in [0.4, 0.5) is 10.5 Å². The predicted octanol–water partition coefficient (Wildman–Crippen LogP) is 4.17. The fraction of sp³-hybridized carbons (Fsp3) is 0. The van der Waals surface area contributed by atoms with Crippen LogP contribution in [0.2, 0.25) is 0 Å². The van der Waals surface area contributed by atoms with Gasteiger partial charge in [0.1, 0.15) is 0 Å². The van der Waals surface area contributed by atoms with Crippen LogP contribution in [0.25, 0.3) is 0 Å². The lowest BCUT2D eigenvalue weighted by molar-refractivity contribution is 0.0966. The molecule has 102 valence electrons. The molecule has 0 aliphatic rings. The van der Waals surface area contributed by atoms with Crippen molar-refractivity contribution in [1.82, 2.24) is 5.32 Å². The van der Waals surface area contributed by atoms with Crippen LogP contribution in [-0.4, -0.2) is 11.9 Å². The maximum Gasteiger partial charge on any atom is 0.326 e. The average Bonchev–Trinajstić information content (AvgIpc) is 2.41. The fourth-order valence-corrected chi connectivity index (χ4v) is 2.38. The Bertz CT molecular complexity index is 659. The summed E-state index contributed by atoms with van der Waals surface area (Å²) >= 11 is 6.58. The van der Waals surface area contributed by atoms with Crippen molar-refractivity contribution < 1.29 is 9.59 Å². The topological polar surface area (TPSA) is 58.2 Å². The Morgan fingerprint density at radius 2 is 1.45 bits per heavy atom. The summed E-state index contributed by atoms with van der Waals surface area (Å²) in [6.45, 7) is 0. The zero-order valence-electron chi connectivity index (χ0n) is 10.2. The van der Waals surface area contributed by atoms with Crippen molar-refractivity contribution in [3.05, 3.63) is 63.0 Å². The van der Waals surface area contributed by atoms with Gasteiger partial charge in [0, 0.05) is 8.95 Å². The lowest BCUT2D eigenvalue weighted by atomic mass is 10.2. The molecule has 0 aliphatic heterocycles. The van der Waals surface area contributed by atoms with Gasteiger partial charge in [0.05, 0.1) is 11.3 Å². The summed E-state index contributed by atoms with van der Waals surface area (Å²) in [4.78, 5) is 23.7. The van der Waals surface area contributed by atoms with E-state index in [1.807, 2.05) is 6.07 Å². The van der Waals surface area contributed by atoms with Gasteiger partial charge in [-0.3, -0.25) is 10.1 Å². The van der Waals surface area contributed by atoms with E-state index in [1.54, 1.807) is 42.5 Å². The smallest absolute Gasteiger partial charge is 0.307 e. The Labute approximate surface area is 132 Å². The third-order valence-electron chi connectivity index (χ3n) is 2.47. The van der Waals surface area contributed by atoms with Gasteiger partial charge in [-0.2, -0.15) is 0 Å². The van der Waals surface area contributed by atoms with Gasteiger partial charge in [-0.15, -0.1) is 0 Å². The number of nitrogens with one attached hydrogen (secondary N) is 2. The highest BCUT2D eigenvalue weighted by Gasteiger charge is 2.13. The van der Waals surface area contributed by atoms with Gasteiger partial charge in [0.25, 0.3) is 5.91 Å². The van der Waals surface area contributed by atoms with Crippen LogP contribution in [0, 0.1) is 0 Å².